The number of ether oxygens (including phenoxy) is 1. The van der Waals surface area contributed by atoms with Gasteiger partial charge >= 0.3 is 11.9 Å². The van der Waals surface area contributed by atoms with Crippen LogP contribution >= 0.6 is 23.2 Å². The van der Waals surface area contributed by atoms with Crippen LogP contribution in [0.3, 0.4) is 0 Å². The topological polar surface area (TPSA) is 80.7 Å². The van der Waals surface area contributed by atoms with Crippen LogP contribution in [0.1, 0.15) is 63.5 Å². The monoisotopic (exact) mass is 482 g/mol. The first-order chi connectivity index (χ1) is 15.7. The lowest BCUT2D eigenvalue weighted by Crippen LogP contribution is -2.19. The molecule has 5 nitrogen and oxygen atoms in total. The maximum atomic E-state index is 12.0. The van der Waals surface area contributed by atoms with Crippen molar-refractivity contribution in [3.63, 3.8) is 0 Å². The summed E-state index contributed by atoms with van der Waals surface area (Å²) in [7, 11) is 0. The molecule has 0 saturated heterocycles. The van der Waals surface area contributed by atoms with E-state index in [2.05, 4.69) is 0 Å². The molecule has 3 aromatic carbocycles. The van der Waals surface area contributed by atoms with Crippen molar-refractivity contribution in [2.45, 2.75) is 32.6 Å². The molecular formula is C26H20Cl2O5. The second-order valence-corrected chi connectivity index (χ2v) is 8.91. The number of carboxylic acid groups (broad SMARTS) is 1. The third kappa shape index (κ3) is 4.52. The van der Waals surface area contributed by atoms with E-state index in [1.807, 2.05) is 12.1 Å². The second-order valence-electron chi connectivity index (χ2n) is 8.10. The number of fused-ring (bicyclic) bond motifs is 2. The molecule has 33 heavy (non-hydrogen) atoms. The SMILES string of the molecule is CC(=O)Cc1cc2c(cc1Cl)C(c1ccccc1C(=O)O)c1cc(Cl)c(OC(C)=O)cc1C2. The van der Waals surface area contributed by atoms with Gasteiger partial charge in [-0.05, 0) is 71.0 Å². The molecule has 0 saturated carbocycles. The van der Waals surface area contributed by atoms with E-state index in [4.69, 9.17) is 27.9 Å². The van der Waals surface area contributed by atoms with Crippen LogP contribution in [0.25, 0.3) is 0 Å². The first kappa shape index (κ1) is 23.0. The summed E-state index contributed by atoms with van der Waals surface area (Å²) in [6, 6.07) is 14.0. The molecule has 1 atom stereocenters. The second kappa shape index (κ2) is 9.00. The van der Waals surface area contributed by atoms with Gasteiger partial charge in [0.15, 0.2) is 0 Å². The molecule has 1 unspecified atom stereocenters. The van der Waals surface area contributed by atoms with Gasteiger partial charge in [0.25, 0.3) is 0 Å². The standard InChI is InChI=1S/C26H20Cl2O5/c1-13(29)7-17-9-15-8-16-10-24(33-14(2)30)23(28)12-21(16)25(20(15)11-22(17)27)18-5-3-4-6-19(18)26(31)32/h3-6,9-12,25H,7-8H2,1-2H3,(H,31,32). The van der Waals surface area contributed by atoms with Gasteiger partial charge in [-0.2, -0.15) is 0 Å². The summed E-state index contributed by atoms with van der Waals surface area (Å²) in [5, 5.41) is 10.5. The fraction of sp³-hybridized carbons (Fsp3) is 0.192. The van der Waals surface area contributed by atoms with Gasteiger partial charge in [0.05, 0.1) is 10.6 Å². The summed E-state index contributed by atoms with van der Waals surface area (Å²) < 4.78 is 5.27. The molecule has 1 aliphatic rings. The zero-order valence-corrected chi connectivity index (χ0v) is 19.5. The van der Waals surface area contributed by atoms with E-state index in [0.29, 0.717) is 22.6 Å². The minimum absolute atomic E-state index is 0.00948. The third-order valence-electron chi connectivity index (χ3n) is 5.70. The number of hydrogen-bond donors (Lipinski definition) is 1. The molecule has 0 aromatic heterocycles. The van der Waals surface area contributed by atoms with Crippen LogP contribution in [0.5, 0.6) is 5.75 Å². The molecule has 7 heteroatoms. The molecule has 3 aromatic rings. The number of Topliss-reactive ketones (excluding diaryl/α,β-unsaturated/α-hetero) is 1. The minimum atomic E-state index is -1.04. The molecule has 0 bridgehead atoms. The molecule has 0 radical (unpaired) electrons. The maximum Gasteiger partial charge on any atom is 0.335 e. The molecule has 0 spiro atoms. The number of halogens is 2. The van der Waals surface area contributed by atoms with Crippen LogP contribution in [0.4, 0.5) is 0 Å². The average Bonchev–Trinajstić information content (AvgIpc) is 2.73. The quantitative estimate of drug-likeness (QED) is 0.285. The molecule has 1 N–H and O–H groups in total. The first-order valence-corrected chi connectivity index (χ1v) is 11.0. The van der Waals surface area contributed by atoms with Crippen molar-refractivity contribution < 1.29 is 24.2 Å². The van der Waals surface area contributed by atoms with Crippen LogP contribution in [-0.2, 0) is 22.4 Å². The average molecular weight is 483 g/mol. The number of hydrogen-bond acceptors (Lipinski definition) is 4. The normalized spacial score (nSPS) is 14.2. The van der Waals surface area contributed by atoms with E-state index in [-0.39, 0.29) is 28.5 Å². The summed E-state index contributed by atoms with van der Waals surface area (Å²) in [6.45, 7) is 2.80. The molecule has 0 fully saturated rings. The molecule has 4 rings (SSSR count). The Morgan fingerprint density at radius 2 is 1.58 bits per heavy atom. The largest absolute Gasteiger partial charge is 0.478 e. The summed E-state index contributed by atoms with van der Waals surface area (Å²) in [5.41, 5.74) is 4.92. The van der Waals surface area contributed by atoms with Crippen LogP contribution in [-0.4, -0.2) is 22.8 Å². The smallest absolute Gasteiger partial charge is 0.335 e. The minimum Gasteiger partial charge on any atom is -0.478 e. The van der Waals surface area contributed by atoms with Crippen LogP contribution in [0, 0.1) is 0 Å². The van der Waals surface area contributed by atoms with E-state index in [0.717, 1.165) is 22.3 Å². The summed E-state index contributed by atoms with van der Waals surface area (Å²) in [4.78, 5) is 35.3. The number of esters is 1. The van der Waals surface area contributed by atoms with Gasteiger partial charge in [-0.25, -0.2) is 4.79 Å². The van der Waals surface area contributed by atoms with Crippen molar-refractivity contribution in [2.24, 2.45) is 0 Å². The van der Waals surface area contributed by atoms with Gasteiger partial charge in [-0.1, -0.05) is 47.5 Å². The van der Waals surface area contributed by atoms with Crippen LogP contribution in [0.15, 0.2) is 48.5 Å². The number of ketones is 1. The molecule has 0 amide bonds. The predicted octanol–water partition coefficient (Wildman–Crippen LogP) is 5.83. The molecule has 0 aliphatic heterocycles. The highest BCUT2D eigenvalue weighted by molar-refractivity contribution is 6.32. The van der Waals surface area contributed by atoms with Crippen molar-refractivity contribution in [2.75, 3.05) is 0 Å². The number of carbonyl (C=O) groups excluding carboxylic acids is 2. The Balaban J connectivity index is 1.99. The zero-order chi connectivity index (χ0) is 23.9. The Labute approximate surface area is 200 Å². The number of aromatic carboxylic acids is 1. The molecule has 1 aliphatic carbocycles. The van der Waals surface area contributed by atoms with Crippen molar-refractivity contribution in [3.8, 4) is 5.75 Å². The summed E-state index contributed by atoms with van der Waals surface area (Å²) in [6.07, 6.45) is 0.693. The Bertz CT molecular complexity index is 1240. The van der Waals surface area contributed by atoms with Gasteiger partial charge < -0.3 is 9.84 Å². The number of carbonyl (C=O) groups is 3. The zero-order valence-electron chi connectivity index (χ0n) is 17.9. The predicted molar refractivity (Wildman–Crippen MR) is 126 cm³/mol. The summed E-state index contributed by atoms with van der Waals surface area (Å²) in [5.74, 6) is -1.75. The molecule has 0 heterocycles. The van der Waals surface area contributed by atoms with E-state index in [9.17, 15) is 19.5 Å². The lowest BCUT2D eigenvalue weighted by atomic mass is 9.73. The van der Waals surface area contributed by atoms with E-state index in [1.54, 1.807) is 36.4 Å². The van der Waals surface area contributed by atoms with Crippen molar-refractivity contribution in [1.82, 2.24) is 0 Å². The van der Waals surface area contributed by atoms with Crippen molar-refractivity contribution >= 4 is 40.9 Å². The number of benzene rings is 3. The van der Waals surface area contributed by atoms with Crippen LogP contribution in [0.2, 0.25) is 10.0 Å². The Morgan fingerprint density at radius 1 is 0.939 bits per heavy atom. The number of rotatable bonds is 5. The van der Waals surface area contributed by atoms with Gasteiger partial charge in [-0.15, -0.1) is 0 Å². The Hall–Kier alpha value is -3.15. The highest BCUT2D eigenvalue weighted by Crippen LogP contribution is 2.46. The Kier molecular flexibility index (Phi) is 6.28. The lowest BCUT2D eigenvalue weighted by molar-refractivity contribution is -0.131. The fourth-order valence-electron chi connectivity index (χ4n) is 4.43. The first-order valence-electron chi connectivity index (χ1n) is 10.3. The van der Waals surface area contributed by atoms with E-state index in [1.165, 1.54) is 13.8 Å². The third-order valence-corrected chi connectivity index (χ3v) is 6.35. The van der Waals surface area contributed by atoms with Crippen molar-refractivity contribution in [1.29, 1.82) is 0 Å². The van der Waals surface area contributed by atoms with E-state index < -0.39 is 17.9 Å². The Morgan fingerprint density at radius 3 is 2.21 bits per heavy atom. The summed E-state index contributed by atoms with van der Waals surface area (Å²) >= 11 is 13.0. The van der Waals surface area contributed by atoms with Gasteiger partial charge in [0.2, 0.25) is 0 Å². The van der Waals surface area contributed by atoms with Gasteiger partial charge in [-0.3, -0.25) is 9.59 Å². The highest BCUT2D eigenvalue weighted by Gasteiger charge is 2.32. The maximum absolute atomic E-state index is 12.0. The van der Waals surface area contributed by atoms with Gasteiger partial charge in [0.1, 0.15) is 11.5 Å². The highest BCUT2D eigenvalue weighted by atomic mass is 35.5. The lowest BCUT2D eigenvalue weighted by Gasteiger charge is -2.31. The van der Waals surface area contributed by atoms with Crippen molar-refractivity contribution in [3.05, 3.63) is 97.5 Å². The van der Waals surface area contributed by atoms with Crippen LogP contribution < -0.4 is 4.74 Å². The molecular weight excluding hydrogens is 463 g/mol. The van der Waals surface area contributed by atoms with E-state index >= 15 is 0 Å². The van der Waals surface area contributed by atoms with Gasteiger partial charge in [0, 0.05) is 24.3 Å². The fourth-order valence-corrected chi connectivity index (χ4v) is 4.88. The molecule has 168 valence electrons. The number of carboxylic acids is 1.